The van der Waals surface area contributed by atoms with Gasteiger partial charge in [-0.05, 0) is 77.4 Å². The smallest absolute Gasteiger partial charge is 0.308 e. The topological polar surface area (TPSA) is 72.5 Å². The van der Waals surface area contributed by atoms with Crippen LogP contribution in [0.4, 0.5) is 0 Å². The van der Waals surface area contributed by atoms with Gasteiger partial charge in [0.25, 0.3) is 0 Å². The summed E-state index contributed by atoms with van der Waals surface area (Å²) in [5, 5.41) is -0.00778. The Balaban J connectivity index is 2.73. The third-order valence-corrected chi connectivity index (χ3v) is 24.5. The van der Waals surface area contributed by atoms with Gasteiger partial charge in [0.2, 0.25) is 0 Å². The van der Waals surface area contributed by atoms with E-state index in [2.05, 4.69) is 130 Å². The maximum Gasteiger partial charge on any atom is 0.308 e. The molecule has 252 valence electrons. The maximum atomic E-state index is 12.3. The molecular weight excluding hydrogens is 708 g/mol. The fourth-order valence-corrected chi connectivity index (χ4v) is 9.03. The maximum absolute atomic E-state index is 12.3. The number of carbonyl (C=O) groups is 1. The lowest BCUT2D eigenvalue weighted by Gasteiger charge is -2.56. The highest BCUT2D eigenvalue weighted by Gasteiger charge is 2.57. The summed E-state index contributed by atoms with van der Waals surface area (Å²) < 4.78 is 42.8. The molecule has 2 rings (SSSR count). The molecular formula is C32H63IO7Si3. The standard InChI is InChI=1S/C32H63IO7Si3/c1-30(2,3)41(11,12)38-24(19-20-33)27-29(40-43(15,16)32(7,8)9)28(39-42(13,14)31(4,5)6)26-23(37-27)18-17-22(36-26)21-25(34)35-10/h19-20,22-24,26-29H,17-18,21H2,1-16H3/b20-19+/t22?,23-,24+,26-,27?,28-,29+/m0/s1. The molecule has 0 aromatic carbocycles. The van der Waals surface area contributed by atoms with Crippen LogP contribution in [-0.2, 0) is 32.3 Å². The largest absolute Gasteiger partial charge is 0.469 e. The average molecular weight is 771 g/mol. The van der Waals surface area contributed by atoms with Gasteiger partial charge in [-0.1, -0.05) is 84.9 Å². The van der Waals surface area contributed by atoms with E-state index in [1.54, 1.807) is 0 Å². The third kappa shape index (κ3) is 9.71. The molecule has 0 aliphatic carbocycles. The Bertz CT molecular complexity index is 965. The monoisotopic (exact) mass is 770 g/mol. The summed E-state index contributed by atoms with van der Waals surface area (Å²) in [6.45, 7) is 34.1. The van der Waals surface area contributed by atoms with Gasteiger partial charge in [0, 0.05) is 0 Å². The molecule has 7 nitrogen and oxygen atoms in total. The Kier molecular flexibility index (Phi) is 13.1. The first kappa shape index (κ1) is 39.6. The minimum Gasteiger partial charge on any atom is -0.469 e. The minimum absolute atomic E-state index is 0.0168. The first-order chi connectivity index (χ1) is 19.3. The summed E-state index contributed by atoms with van der Waals surface area (Å²) >= 11 is 2.29. The normalized spacial score (nSPS) is 29.0. The third-order valence-electron chi connectivity index (χ3n) is 10.7. The van der Waals surface area contributed by atoms with Crippen LogP contribution in [0.5, 0.6) is 0 Å². The van der Waals surface area contributed by atoms with Crippen LogP contribution in [0.3, 0.4) is 0 Å². The quantitative estimate of drug-likeness (QED) is 0.125. The van der Waals surface area contributed by atoms with Gasteiger partial charge in [0.05, 0.1) is 31.8 Å². The number of hydrogen-bond donors (Lipinski definition) is 0. The van der Waals surface area contributed by atoms with Crippen LogP contribution in [-0.4, -0.2) is 80.8 Å². The second-order valence-electron chi connectivity index (χ2n) is 17.1. The molecule has 0 spiro atoms. The molecule has 7 atom stereocenters. The lowest BCUT2D eigenvalue weighted by Crippen LogP contribution is -2.69. The number of esters is 1. The molecule has 0 saturated carbocycles. The van der Waals surface area contributed by atoms with E-state index < -0.39 is 31.1 Å². The van der Waals surface area contributed by atoms with Crippen LogP contribution in [0.25, 0.3) is 0 Å². The van der Waals surface area contributed by atoms with Crippen molar-refractivity contribution in [1.82, 2.24) is 0 Å². The van der Waals surface area contributed by atoms with Crippen molar-refractivity contribution in [3.8, 4) is 0 Å². The van der Waals surface area contributed by atoms with Crippen molar-refractivity contribution in [2.24, 2.45) is 0 Å². The summed E-state index contributed by atoms with van der Waals surface area (Å²) in [6, 6.07) is 0. The molecule has 0 bridgehead atoms. The zero-order chi connectivity index (χ0) is 33.4. The molecule has 0 amide bonds. The summed E-state index contributed by atoms with van der Waals surface area (Å²) in [5.41, 5.74) is 0. The lowest BCUT2D eigenvalue weighted by atomic mass is 9.87. The van der Waals surface area contributed by atoms with Crippen molar-refractivity contribution in [3.05, 3.63) is 10.2 Å². The SMILES string of the molecule is COC(=O)CC1CC[C@@H]2OC([C@@H](/C=C/I)O[Si](C)(C)C(C)(C)C)[C@@H](O[Si](C)(C)C(C)(C)C)[C@@H](O[Si](C)(C)C(C)(C)C)[C@H]2O1. The summed E-state index contributed by atoms with van der Waals surface area (Å²) in [4.78, 5) is 12.3. The van der Waals surface area contributed by atoms with E-state index >= 15 is 0 Å². The Labute approximate surface area is 280 Å². The van der Waals surface area contributed by atoms with Crippen LogP contribution in [0, 0.1) is 0 Å². The molecule has 0 aromatic heterocycles. The fourth-order valence-electron chi connectivity index (χ4n) is 4.77. The van der Waals surface area contributed by atoms with Gasteiger partial charge in [-0.15, -0.1) is 0 Å². The van der Waals surface area contributed by atoms with Gasteiger partial charge < -0.3 is 27.5 Å². The molecule has 0 aromatic rings. The molecule has 2 unspecified atom stereocenters. The van der Waals surface area contributed by atoms with Crippen molar-refractivity contribution in [1.29, 1.82) is 0 Å². The second-order valence-corrected chi connectivity index (χ2v) is 32.1. The Morgan fingerprint density at radius 3 is 1.74 bits per heavy atom. The van der Waals surface area contributed by atoms with E-state index in [9.17, 15) is 4.79 Å². The second kappa shape index (κ2) is 14.2. The van der Waals surface area contributed by atoms with Gasteiger partial charge in [0.15, 0.2) is 25.0 Å². The molecule has 43 heavy (non-hydrogen) atoms. The van der Waals surface area contributed by atoms with Crippen molar-refractivity contribution < 1.29 is 32.3 Å². The van der Waals surface area contributed by atoms with Crippen LogP contribution in [0.15, 0.2) is 10.2 Å². The predicted molar refractivity (Wildman–Crippen MR) is 193 cm³/mol. The first-order valence-electron chi connectivity index (χ1n) is 16.0. The van der Waals surface area contributed by atoms with Crippen LogP contribution >= 0.6 is 22.6 Å². The number of carbonyl (C=O) groups excluding carboxylic acids is 1. The predicted octanol–water partition coefficient (Wildman–Crippen LogP) is 8.98. The van der Waals surface area contributed by atoms with E-state index in [1.807, 2.05) is 4.08 Å². The Morgan fingerprint density at radius 2 is 1.30 bits per heavy atom. The highest BCUT2D eigenvalue weighted by Crippen LogP contribution is 2.47. The van der Waals surface area contributed by atoms with E-state index in [0.717, 1.165) is 12.8 Å². The lowest BCUT2D eigenvalue weighted by molar-refractivity contribution is -0.266. The molecule has 2 heterocycles. The van der Waals surface area contributed by atoms with Crippen LogP contribution < -0.4 is 0 Å². The average Bonchev–Trinajstić information content (AvgIpc) is 2.82. The number of halogens is 1. The zero-order valence-electron chi connectivity index (χ0n) is 30.1. The van der Waals surface area contributed by atoms with Crippen molar-refractivity contribution in [2.75, 3.05) is 7.11 Å². The number of ether oxygens (including phenoxy) is 3. The highest BCUT2D eigenvalue weighted by atomic mass is 127. The fraction of sp³-hybridized carbons (Fsp3) is 0.906. The number of fused-ring (bicyclic) bond motifs is 1. The van der Waals surface area contributed by atoms with Gasteiger partial charge in [-0.25, -0.2) is 0 Å². The van der Waals surface area contributed by atoms with Gasteiger partial charge in [-0.2, -0.15) is 0 Å². The van der Waals surface area contributed by atoms with Crippen molar-refractivity contribution >= 4 is 53.5 Å². The Hall–Kier alpha value is 0.391. The van der Waals surface area contributed by atoms with Gasteiger partial charge >= 0.3 is 5.97 Å². The van der Waals surface area contributed by atoms with Crippen molar-refractivity contribution in [3.63, 3.8) is 0 Å². The summed E-state index contributed by atoms with van der Waals surface area (Å²) in [6.07, 6.45) is 1.61. The number of methoxy groups -OCH3 is 1. The van der Waals surface area contributed by atoms with E-state index in [-0.39, 0.29) is 64.1 Å². The molecule has 0 radical (unpaired) electrons. The minimum atomic E-state index is -2.31. The molecule has 2 aliphatic heterocycles. The number of hydrogen-bond acceptors (Lipinski definition) is 7. The zero-order valence-corrected chi connectivity index (χ0v) is 35.2. The van der Waals surface area contributed by atoms with Crippen molar-refractivity contribution in [2.45, 2.75) is 179 Å². The van der Waals surface area contributed by atoms with E-state index in [4.69, 9.17) is 27.5 Å². The molecule has 0 N–H and O–H groups in total. The van der Waals surface area contributed by atoms with Gasteiger partial charge in [0.1, 0.15) is 24.4 Å². The van der Waals surface area contributed by atoms with Crippen LogP contribution in [0.2, 0.25) is 54.4 Å². The first-order valence-corrected chi connectivity index (χ1v) is 25.9. The highest BCUT2D eigenvalue weighted by molar-refractivity contribution is 14.1. The molecule has 2 saturated heterocycles. The molecule has 11 heteroatoms. The van der Waals surface area contributed by atoms with Gasteiger partial charge in [-0.3, -0.25) is 4.79 Å². The summed E-state index contributed by atoms with van der Waals surface area (Å²) in [5.74, 6) is -0.260. The molecule has 2 aliphatic rings. The number of rotatable bonds is 10. The Morgan fingerprint density at radius 1 is 0.814 bits per heavy atom. The van der Waals surface area contributed by atoms with E-state index in [1.165, 1.54) is 7.11 Å². The molecule has 2 fully saturated rings. The van der Waals surface area contributed by atoms with Crippen LogP contribution in [0.1, 0.15) is 81.6 Å². The summed E-state index contributed by atoms with van der Waals surface area (Å²) in [7, 11) is -5.36. The van der Waals surface area contributed by atoms with E-state index in [0.29, 0.717) is 0 Å².